The van der Waals surface area contributed by atoms with Gasteiger partial charge in [-0.15, -0.1) is 16.7 Å². The van der Waals surface area contributed by atoms with Gasteiger partial charge in [-0.05, 0) is 28.1 Å². The van der Waals surface area contributed by atoms with E-state index < -0.39 is 0 Å². The maximum Gasteiger partial charge on any atom is 0.320 e. The third-order valence-electron chi connectivity index (χ3n) is 1.77. The minimum atomic E-state index is 0.186. The lowest BCUT2D eigenvalue weighted by atomic mass is 10.3. The standard InChI is InChI=1S/C9H6BrCl2N3O/c10-8-5(12)2-1-3-6(8)13-9-15-14-7(4-11)16-9/h1-3H,4H2,(H,13,15). The fourth-order valence-electron chi connectivity index (χ4n) is 1.07. The Morgan fingerprint density at radius 3 is 2.88 bits per heavy atom. The monoisotopic (exact) mass is 321 g/mol. The van der Waals surface area contributed by atoms with Gasteiger partial charge < -0.3 is 9.73 Å². The Bertz CT molecular complexity index is 503. The van der Waals surface area contributed by atoms with E-state index in [1.54, 1.807) is 6.07 Å². The minimum Gasteiger partial charge on any atom is -0.407 e. The second-order valence-electron chi connectivity index (χ2n) is 2.86. The van der Waals surface area contributed by atoms with E-state index in [2.05, 4.69) is 31.4 Å². The molecule has 1 heterocycles. The molecule has 0 aliphatic heterocycles. The van der Waals surface area contributed by atoms with Crippen molar-refractivity contribution < 1.29 is 4.42 Å². The molecule has 1 aromatic heterocycles. The lowest BCUT2D eigenvalue weighted by Gasteiger charge is -2.04. The number of hydrogen-bond acceptors (Lipinski definition) is 4. The fourth-order valence-corrected chi connectivity index (χ4v) is 1.72. The van der Waals surface area contributed by atoms with Gasteiger partial charge >= 0.3 is 6.01 Å². The topological polar surface area (TPSA) is 51.0 Å². The Balaban J connectivity index is 2.23. The molecule has 0 aliphatic carbocycles. The van der Waals surface area contributed by atoms with Crippen LogP contribution < -0.4 is 5.32 Å². The van der Waals surface area contributed by atoms with Crippen LogP contribution in [0.2, 0.25) is 5.02 Å². The summed E-state index contributed by atoms with van der Waals surface area (Å²) in [6, 6.07) is 5.70. The largest absolute Gasteiger partial charge is 0.407 e. The molecule has 2 aromatic rings. The molecule has 0 aliphatic rings. The van der Waals surface area contributed by atoms with E-state index in [4.69, 9.17) is 27.6 Å². The van der Waals surface area contributed by atoms with Crippen molar-refractivity contribution in [2.75, 3.05) is 5.32 Å². The Morgan fingerprint density at radius 1 is 1.38 bits per heavy atom. The molecule has 16 heavy (non-hydrogen) atoms. The Kier molecular flexibility index (Phi) is 3.68. The predicted octanol–water partition coefficient (Wildman–Crippen LogP) is 3.97. The van der Waals surface area contributed by atoms with Gasteiger partial charge in [-0.25, -0.2) is 0 Å². The van der Waals surface area contributed by atoms with Gasteiger partial charge in [0.15, 0.2) is 0 Å². The van der Waals surface area contributed by atoms with Gasteiger partial charge in [0, 0.05) is 0 Å². The molecule has 7 heteroatoms. The Hall–Kier alpha value is -0.780. The van der Waals surface area contributed by atoms with Crippen molar-refractivity contribution in [2.45, 2.75) is 5.88 Å². The van der Waals surface area contributed by atoms with Gasteiger partial charge in [-0.1, -0.05) is 22.8 Å². The van der Waals surface area contributed by atoms with E-state index in [1.807, 2.05) is 12.1 Å². The maximum absolute atomic E-state index is 5.94. The number of rotatable bonds is 3. The molecule has 0 amide bonds. The van der Waals surface area contributed by atoms with Crippen molar-refractivity contribution in [1.82, 2.24) is 10.2 Å². The molecular weight excluding hydrogens is 317 g/mol. The molecule has 1 aromatic carbocycles. The summed E-state index contributed by atoms with van der Waals surface area (Å²) in [6.45, 7) is 0. The van der Waals surface area contributed by atoms with Crippen LogP contribution in [0.4, 0.5) is 11.7 Å². The molecule has 4 nitrogen and oxygen atoms in total. The predicted molar refractivity (Wildman–Crippen MR) is 66.3 cm³/mol. The molecule has 1 N–H and O–H groups in total. The van der Waals surface area contributed by atoms with Gasteiger partial charge in [0.2, 0.25) is 5.89 Å². The average Bonchev–Trinajstić information content (AvgIpc) is 2.73. The van der Waals surface area contributed by atoms with Crippen LogP contribution in [0.1, 0.15) is 5.89 Å². The zero-order valence-electron chi connectivity index (χ0n) is 7.88. The van der Waals surface area contributed by atoms with Crippen LogP contribution in [0, 0.1) is 0 Å². The molecule has 0 saturated heterocycles. The highest BCUT2D eigenvalue weighted by atomic mass is 79.9. The zero-order valence-corrected chi connectivity index (χ0v) is 11.0. The first-order valence-electron chi connectivity index (χ1n) is 4.30. The summed E-state index contributed by atoms with van der Waals surface area (Å²) in [5.74, 6) is 0.549. The summed E-state index contributed by atoms with van der Waals surface area (Å²) in [5.41, 5.74) is 0.747. The summed E-state index contributed by atoms with van der Waals surface area (Å²) in [6.07, 6.45) is 0. The first kappa shape index (κ1) is 11.7. The lowest BCUT2D eigenvalue weighted by Crippen LogP contribution is -1.91. The summed E-state index contributed by atoms with van der Waals surface area (Å²) in [5, 5.41) is 11.0. The van der Waals surface area contributed by atoms with Crippen molar-refractivity contribution >= 4 is 50.8 Å². The summed E-state index contributed by atoms with van der Waals surface area (Å²) >= 11 is 14.8. The molecule has 2 rings (SSSR count). The maximum atomic E-state index is 5.94. The van der Waals surface area contributed by atoms with Crippen molar-refractivity contribution in [2.24, 2.45) is 0 Å². The van der Waals surface area contributed by atoms with Crippen LogP contribution in [0.25, 0.3) is 0 Å². The van der Waals surface area contributed by atoms with Crippen LogP contribution in [0.5, 0.6) is 0 Å². The summed E-state index contributed by atoms with van der Waals surface area (Å²) < 4.78 is 5.94. The smallest absolute Gasteiger partial charge is 0.320 e. The van der Waals surface area contributed by atoms with E-state index >= 15 is 0 Å². The Morgan fingerprint density at radius 2 is 2.19 bits per heavy atom. The highest BCUT2D eigenvalue weighted by Gasteiger charge is 2.08. The van der Waals surface area contributed by atoms with E-state index in [1.165, 1.54) is 0 Å². The Labute approximate surface area is 110 Å². The van der Waals surface area contributed by atoms with Crippen molar-refractivity contribution in [3.8, 4) is 0 Å². The first-order valence-corrected chi connectivity index (χ1v) is 6.00. The van der Waals surface area contributed by atoms with Gasteiger partial charge in [-0.3, -0.25) is 0 Å². The summed E-state index contributed by atoms with van der Waals surface area (Å²) in [4.78, 5) is 0. The number of anilines is 2. The fraction of sp³-hybridized carbons (Fsp3) is 0.111. The van der Waals surface area contributed by atoms with Crippen LogP contribution in [-0.4, -0.2) is 10.2 Å². The second-order valence-corrected chi connectivity index (χ2v) is 4.33. The molecule has 0 unspecified atom stereocenters. The molecule has 0 saturated carbocycles. The van der Waals surface area contributed by atoms with Crippen LogP contribution in [-0.2, 0) is 5.88 Å². The number of nitrogens with one attached hydrogen (secondary N) is 1. The molecule has 0 radical (unpaired) electrons. The van der Waals surface area contributed by atoms with Gasteiger partial charge in [-0.2, -0.15) is 0 Å². The van der Waals surface area contributed by atoms with Gasteiger partial charge in [0.05, 0.1) is 15.2 Å². The molecule has 0 spiro atoms. The SMILES string of the molecule is ClCc1nnc(Nc2cccc(Cl)c2Br)o1. The van der Waals surface area contributed by atoms with Crippen molar-refractivity contribution in [1.29, 1.82) is 0 Å². The number of aromatic nitrogens is 2. The number of halogens is 3. The van der Waals surface area contributed by atoms with E-state index in [-0.39, 0.29) is 11.9 Å². The van der Waals surface area contributed by atoms with E-state index in [9.17, 15) is 0 Å². The quantitative estimate of drug-likeness (QED) is 0.869. The molecule has 0 fully saturated rings. The number of benzene rings is 1. The lowest BCUT2D eigenvalue weighted by molar-refractivity contribution is 0.530. The third-order valence-corrected chi connectivity index (χ3v) is 3.40. The van der Waals surface area contributed by atoms with Crippen LogP contribution in [0.15, 0.2) is 27.1 Å². The van der Waals surface area contributed by atoms with Crippen molar-refractivity contribution in [3.05, 3.63) is 33.6 Å². The van der Waals surface area contributed by atoms with E-state index in [0.717, 1.165) is 10.2 Å². The minimum absolute atomic E-state index is 0.186. The average molecular weight is 323 g/mol. The normalized spacial score (nSPS) is 10.4. The molecule has 84 valence electrons. The molecule has 0 bridgehead atoms. The van der Waals surface area contributed by atoms with Gasteiger partial charge in [0.1, 0.15) is 5.88 Å². The van der Waals surface area contributed by atoms with E-state index in [0.29, 0.717) is 10.9 Å². The highest BCUT2D eigenvalue weighted by Crippen LogP contribution is 2.31. The first-order chi connectivity index (χ1) is 7.70. The third kappa shape index (κ3) is 2.48. The highest BCUT2D eigenvalue weighted by molar-refractivity contribution is 9.10. The zero-order chi connectivity index (χ0) is 11.5. The summed E-state index contributed by atoms with van der Waals surface area (Å²) in [7, 11) is 0. The number of hydrogen-bond donors (Lipinski definition) is 1. The van der Waals surface area contributed by atoms with Crippen LogP contribution >= 0.6 is 39.1 Å². The number of nitrogens with zero attached hydrogens (tertiary/aromatic N) is 2. The van der Waals surface area contributed by atoms with Crippen molar-refractivity contribution in [3.63, 3.8) is 0 Å². The second kappa shape index (κ2) is 5.03. The number of alkyl halides is 1. The molecular formula is C9H6BrCl2N3O. The van der Waals surface area contributed by atoms with Crippen LogP contribution in [0.3, 0.4) is 0 Å². The molecule has 0 atom stereocenters. The van der Waals surface area contributed by atoms with Gasteiger partial charge in [0.25, 0.3) is 0 Å².